The highest BCUT2D eigenvalue weighted by Crippen LogP contribution is 2.10. The van der Waals surface area contributed by atoms with Gasteiger partial charge in [-0.25, -0.2) is 9.97 Å². The van der Waals surface area contributed by atoms with Crippen molar-refractivity contribution in [3.8, 4) is 0 Å². The fourth-order valence-corrected chi connectivity index (χ4v) is 0.890. The minimum atomic E-state index is 0.533. The lowest BCUT2D eigenvalue weighted by Crippen LogP contribution is -2.13. The first kappa shape index (κ1) is 8.77. The molecule has 0 unspecified atom stereocenters. The Morgan fingerprint density at radius 3 is 2.58 bits per heavy atom. The third kappa shape index (κ3) is 1.84. The zero-order valence-electron chi connectivity index (χ0n) is 7.70. The van der Waals surface area contributed by atoms with Crippen LogP contribution >= 0.6 is 0 Å². The maximum atomic E-state index is 5.60. The minimum absolute atomic E-state index is 0.533. The highest BCUT2D eigenvalue weighted by Gasteiger charge is 2.01. The number of rotatable bonds is 2. The molecular formula is C8H14N4. The van der Waals surface area contributed by atoms with Crippen LogP contribution in [0.1, 0.15) is 12.7 Å². The number of aromatic nitrogens is 2. The van der Waals surface area contributed by atoms with Crippen molar-refractivity contribution in [3.63, 3.8) is 0 Å². The molecular weight excluding hydrogens is 152 g/mol. The third-order valence-corrected chi connectivity index (χ3v) is 1.55. The molecule has 1 aromatic rings. The molecule has 1 aromatic heterocycles. The van der Waals surface area contributed by atoms with E-state index in [1.54, 1.807) is 6.07 Å². The van der Waals surface area contributed by atoms with E-state index in [2.05, 4.69) is 9.97 Å². The van der Waals surface area contributed by atoms with Crippen molar-refractivity contribution < 1.29 is 0 Å². The van der Waals surface area contributed by atoms with Crippen molar-refractivity contribution in [1.29, 1.82) is 0 Å². The highest BCUT2D eigenvalue weighted by molar-refractivity contribution is 5.45. The van der Waals surface area contributed by atoms with Crippen molar-refractivity contribution in [2.75, 3.05) is 24.7 Å². The predicted octanol–water partition coefficient (Wildman–Crippen LogP) is 0.687. The van der Waals surface area contributed by atoms with Gasteiger partial charge in [-0.05, 0) is 0 Å². The van der Waals surface area contributed by atoms with Crippen molar-refractivity contribution in [3.05, 3.63) is 11.9 Å². The quantitative estimate of drug-likeness (QED) is 0.702. The molecule has 0 saturated carbocycles. The van der Waals surface area contributed by atoms with Gasteiger partial charge < -0.3 is 10.6 Å². The molecule has 0 saturated heterocycles. The standard InChI is InChI=1S/C8H14N4/c1-4-7-10-6(9)5-8(11-7)12(2)3/h5H,4H2,1-3H3,(H2,9,10,11). The maximum absolute atomic E-state index is 5.60. The first-order valence-electron chi connectivity index (χ1n) is 3.94. The lowest BCUT2D eigenvalue weighted by atomic mass is 10.4. The molecule has 0 spiro atoms. The second-order valence-corrected chi connectivity index (χ2v) is 2.82. The molecule has 0 bridgehead atoms. The van der Waals surface area contributed by atoms with Crippen molar-refractivity contribution in [1.82, 2.24) is 9.97 Å². The molecule has 4 nitrogen and oxygen atoms in total. The zero-order chi connectivity index (χ0) is 9.14. The topological polar surface area (TPSA) is 55.0 Å². The van der Waals surface area contributed by atoms with Crippen molar-refractivity contribution in [2.24, 2.45) is 0 Å². The van der Waals surface area contributed by atoms with Crippen LogP contribution in [0.2, 0.25) is 0 Å². The average molecular weight is 166 g/mol. The summed E-state index contributed by atoms with van der Waals surface area (Å²) >= 11 is 0. The summed E-state index contributed by atoms with van der Waals surface area (Å²) in [5.41, 5.74) is 5.60. The van der Waals surface area contributed by atoms with Gasteiger partial charge in [0.15, 0.2) is 0 Å². The summed E-state index contributed by atoms with van der Waals surface area (Å²) in [5.74, 6) is 2.18. The number of nitrogens with two attached hydrogens (primary N) is 1. The van der Waals surface area contributed by atoms with Crippen LogP contribution in [0.3, 0.4) is 0 Å². The molecule has 0 aliphatic carbocycles. The molecule has 12 heavy (non-hydrogen) atoms. The van der Waals surface area contributed by atoms with Gasteiger partial charge in [-0.15, -0.1) is 0 Å². The molecule has 0 aliphatic rings. The van der Waals surface area contributed by atoms with E-state index in [0.29, 0.717) is 5.82 Å². The summed E-state index contributed by atoms with van der Waals surface area (Å²) in [7, 11) is 3.86. The predicted molar refractivity (Wildman–Crippen MR) is 50.1 cm³/mol. The first-order valence-corrected chi connectivity index (χ1v) is 3.94. The number of aryl methyl sites for hydroxylation is 1. The fourth-order valence-electron chi connectivity index (χ4n) is 0.890. The Labute approximate surface area is 72.4 Å². The van der Waals surface area contributed by atoms with Gasteiger partial charge in [0, 0.05) is 26.6 Å². The van der Waals surface area contributed by atoms with E-state index in [0.717, 1.165) is 18.1 Å². The monoisotopic (exact) mass is 166 g/mol. The molecule has 1 rings (SSSR count). The van der Waals surface area contributed by atoms with E-state index in [1.807, 2.05) is 25.9 Å². The number of anilines is 2. The molecule has 4 heteroatoms. The SMILES string of the molecule is CCc1nc(N)cc(N(C)C)n1. The Morgan fingerprint density at radius 2 is 2.08 bits per heavy atom. The van der Waals surface area contributed by atoms with Crippen LogP contribution in [-0.4, -0.2) is 24.1 Å². The van der Waals surface area contributed by atoms with Crippen LogP contribution in [-0.2, 0) is 6.42 Å². The van der Waals surface area contributed by atoms with E-state index < -0.39 is 0 Å². The van der Waals surface area contributed by atoms with Crippen LogP contribution < -0.4 is 10.6 Å². The summed E-state index contributed by atoms with van der Waals surface area (Å²) in [5, 5.41) is 0. The van der Waals surface area contributed by atoms with Gasteiger partial charge >= 0.3 is 0 Å². The molecule has 0 radical (unpaired) electrons. The molecule has 0 aliphatic heterocycles. The Morgan fingerprint density at radius 1 is 1.42 bits per heavy atom. The minimum Gasteiger partial charge on any atom is -0.384 e. The van der Waals surface area contributed by atoms with Crippen molar-refractivity contribution in [2.45, 2.75) is 13.3 Å². The number of nitrogens with zero attached hydrogens (tertiary/aromatic N) is 3. The van der Waals surface area contributed by atoms with E-state index >= 15 is 0 Å². The van der Waals surface area contributed by atoms with Gasteiger partial charge in [0.2, 0.25) is 0 Å². The van der Waals surface area contributed by atoms with Crippen LogP contribution in [0.25, 0.3) is 0 Å². The highest BCUT2D eigenvalue weighted by atomic mass is 15.2. The molecule has 1 heterocycles. The van der Waals surface area contributed by atoms with Crippen LogP contribution in [0, 0.1) is 0 Å². The Kier molecular flexibility index (Phi) is 2.47. The summed E-state index contributed by atoms with van der Waals surface area (Å²) < 4.78 is 0. The fraction of sp³-hybridized carbons (Fsp3) is 0.500. The molecule has 0 amide bonds. The Bertz CT molecular complexity index is 270. The summed E-state index contributed by atoms with van der Waals surface area (Å²) in [4.78, 5) is 10.3. The molecule has 0 aromatic carbocycles. The van der Waals surface area contributed by atoms with Crippen LogP contribution in [0.5, 0.6) is 0 Å². The number of hydrogen-bond donors (Lipinski definition) is 1. The van der Waals surface area contributed by atoms with E-state index in [1.165, 1.54) is 0 Å². The molecule has 0 fully saturated rings. The third-order valence-electron chi connectivity index (χ3n) is 1.55. The largest absolute Gasteiger partial charge is 0.384 e. The van der Waals surface area contributed by atoms with Crippen molar-refractivity contribution >= 4 is 11.6 Å². The normalized spacial score (nSPS) is 9.92. The Hall–Kier alpha value is -1.32. The van der Waals surface area contributed by atoms with Gasteiger partial charge in [0.25, 0.3) is 0 Å². The Balaban J connectivity index is 3.06. The number of hydrogen-bond acceptors (Lipinski definition) is 4. The second kappa shape index (κ2) is 3.38. The van der Waals surface area contributed by atoms with E-state index in [-0.39, 0.29) is 0 Å². The summed E-state index contributed by atoms with van der Waals surface area (Å²) in [6.07, 6.45) is 0.811. The van der Waals surface area contributed by atoms with E-state index in [4.69, 9.17) is 5.73 Å². The first-order chi connectivity index (χ1) is 5.63. The van der Waals surface area contributed by atoms with Crippen LogP contribution in [0.4, 0.5) is 11.6 Å². The zero-order valence-corrected chi connectivity index (χ0v) is 7.70. The van der Waals surface area contributed by atoms with Gasteiger partial charge in [0.1, 0.15) is 17.5 Å². The van der Waals surface area contributed by atoms with Gasteiger partial charge in [-0.2, -0.15) is 0 Å². The summed E-state index contributed by atoms with van der Waals surface area (Å²) in [6, 6.07) is 1.76. The lowest BCUT2D eigenvalue weighted by molar-refractivity contribution is 0.921. The molecule has 66 valence electrons. The van der Waals surface area contributed by atoms with Gasteiger partial charge in [0.05, 0.1) is 0 Å². The number of nitrogen functional groups attached to an aromatic ring is 1. The second-order valence-electron chi connectivity index (χ2n) is 2.82. The smallest absolute Gasteiger partial charge is 0.133 e. The van der Waals surface area contributed by atoms with E-state index in [9.17, 15) is 0 Å². The molecule has 0 atom stereocenters. The summed E-state index contributed by atoms with van der Waals surface area (Å²) in [6.45, 7) is 2.01. The van der Waals surface area contributed by atoms with Gasteiger partial charge in [-0.1, -0.05) is 6.92 Å². The average Bonchev–Trinajstić information content (AvgIpc) is 2.03. The van der Waals surface area contributed by atoms with Crippen LogP contribution in [0.15, 0.2) is 6.07 Å². The lowest BCUT2D eigenvalue weighted by Gasteiger charge is -2.12. The van der Waals surface area contributed by atoms with Gasteiger partial charge in [-0.3, -0.25) is 0 Å². The molecule has 2 N–H and O–H groups in total. The maximum Gasteiger partial charge on any atom is 0.133 e.